The Labute approximate surface area is 243 Å². The molecule has 0 spiro atoms. The van der Waals surface area contributed by atoms with Gasteiger partial charge in [-0.05, 0) is 45.2 Å². The highest BCUT2D eigenvalue weighted by atomic mass is 16.5. The molecule has 1 aromatic heterocycles. The summed E-state index contributed by atoms with van der Waals surface area (Å²) < 4.78 is 11.9. The van der Waals surface area contributed by atoms with Crippen molar-refractivity contribution in [1.29, 1.82) is 0 Å². The number of hydrogen-bond donors (Lipinski definition) is 2. The van der Waals surface area contributed by atoms with Gasteiger partial charge in [0.05, 0.1) is 17.4 Å². The Bertz CT molecular complexity index is 1230. The maximum atomic E-state index is 13.8. The number of nitrogens with one attached hydrogen (secondary N) is 1. The number of benzene rings is 1. The molecule has 41 heavy (non-hydrogen) atoms. The van der Waals surface area contributed by atoms with Gasteiger partial charge >= 0.3 is 0 Å². The monoisotopic (exact) mass is 570 g/mol. The Morgan fingerprint density at radius 3 is 2.44 bits per heavy atom. The summed E-state index contributed by atoms with van der Waals surface area (Å²) in [6, 6.07) is 5.08. The third-order valence-electron chi connectivity index (χ3n) is 7.28. The third kappa shape index (κ3) is 7.87. The average Bonchev–Trinajstić information content (AvgIpc) is 3.47. The van der Waals surface area contributed by atoms with E-state index in [2.05, 4.69) is 10.3 Å². The van der Waals surface area contributed by atoms with Gasteiger partial charge in [-0.25, -0.2) is 4.98 Å². The Morgan fingerprint density at radius 1 is 1.20 bits per heavy atom. The van der Waals surface area contributed by atoms with Crippen molar-refractivity contribution in [2.45, 2.75) is 104 Å². The molecule has 1 aliphatic heterocycles. The molecule has 3 atom stereocenters. The van der Waals surface area contributed by atoms with Gasteiger partial charge in [0.25, 0.3) is 5.91 Å². The van der Waals surface area contributed by atoms with E-state index in [-0.39, 0.29) is 54.3 Å². The largest absolute Gasteiger partial charge is 0.483 e. The lowest BCUT2D eigenvalue weighted by molar-refractivity contribution is -0.145. The summed E-state index contributed by atoms with van der Waals surface area (Å²) in [4.78, 5) is 47.9. The molecule has 3 rings (SSSR count). The predicted molar refractivity (Wildman–Crippen MR) is 155 cm³/mol. The van der Waals surface area contributed by atoms with E-state index in [1.54, 1.807) is 36.2 Å². The average molecular weight is 571 g/mol. The molecule has 0 bridgehead atoms. The molecule has 2 aromatic rings. The number of aliphatic hydroxyl groups excluding tert-OH is 1. The van der Waals surface area contributed by atoms with Crippen molar-refractivity contribution in [1.82, 2.24) is 20.1 Å². The molecule has 2 heterocycles. The second-order valence-electron chi connectivity index (χ2n) is 12.7. The fourth-order valence-corrected chi connectivity index (χ4v) is 5.04. The molecule has 0 saturated carbocycles. The zero-order valence-corrected chi connectivity index (χ0v) is 25.9. The third-order valence-corrected chi connectivity index (χ3v) is 7.28. The molecule has 1 fully saturated rings. The van der Waals surface area contributed by atoms with Gasteiger partial charge < -0.3 is 29.4 Å². The number of nitrogens with zero attached hydrogens (tertiary/aromatic N) is 3. The number of β-amino-alcohol motifs (C(OH)–C–C–N with tert-alkyl or cyclic N) is 1. The fraction of sp³-hybridized carbons (Fsp3) is 0.613. The highest BCUT2D eigenvalue weighted by Crippen LogP contribution is 2.28. The number of likely N-dealkylation sites (tertiary alicyclic amines) is 1. The van der Waals surface area contributed by atoms with Gasteiger partial charge in [-0.15, -0.1) is 0 Å². The normalized spacial score (nSPS) is 18.1. The molecule has 10 heteroatoms. The summed E-state index contributed by atoms with van der Waals surface area (Å²) in [7, 11) is 1.69. The number of ether oxygens (including phenoxy) is 1. The van der Waals surface area contributed by atoms with Gasteiger partial charge in [-0.2, -0.15) is 0 Å². The number of aryl methyl sites for hydroxylation is 1. The van der Waals surface area contributed by atoms with Crippen LogP contribution in [0.15, 0.2) is 28.7 Å². The van der Waals surface area contributed by atoms with E-state index in [4.69, 9.17) is 9.15 Å². The molecule has 2 N–H and O–H groups in total. The van der Waals surface area contributed by atoms with Crippen molar-refractivity contribution in [3.05, 3.63) is 47.2 Å². The van der Waals surface area contributed by atoms with Crippen LogP contribution in [-0.4, -0.2) is 75.4 Å². The van der Waals surface area contributed by atoms with Crippen molar-refractivity contribution in [2.75, 3.05) is 13.6 Å². The maximum Gasteiger partial charge on any atom is 0.255 e. The van der Waals surface area contributed by atoms with Crippen molar-refractivity contribution in [3.8, 4) is 5.75 Å². The van der Waals surface area contributed by atoms with Crippen LogP contribution in [-0.2, 0) is 21.6 Å². The highest BCUT2D eigenvalue weighted by Gasteiger charge is 2.43. The molecule has 1 aromatic carbocycles. The zero-order valence-electron chi connectivity index (χ0n) is 25.9. The minimum Gasteiger partial charge on any atom is -0.483 e. The van der Waals surface area contributed by atoms with Gasteiger partial charge in [0, 0.05) is 31.5 Å². The first-order valence-corrected chi connectivity index (χ1v) is 14.3. The lowest BCUT2D eigenvalue weighted by Crippen LogP contribution is -2.54. The second kappa shape index (κ2) is 13.1. The Balaban J connectivity index is 1.79. The first-order valence-electron chi connectivity index (χ1n) is 14.3. The van der Waals surface area contributed by atoms with E-state index in [0.29, 0.717) is 18.1 Å². The summed E-state index contributed by atoms with van der Waals surface area (Å²) in [6.45, 7) is 15.8. The number of para-hydroxylation sites is 1. The number of carbonyl (C=O) groups is 3. The molecular formula is C31H46N4O6. The quantitative estimate of drug-likeness (QED) is 0.445. The summed E-state index contributed by atoms with van der Waals surface area (Å²) in [5.74, 6) is 0.515. The molecule has 0 unspecified atom stereocenters. The second-order valence-corrected chi connectivity index (χ2v) is 12.7. The van der Waals surface area contributed by atoms with E-state index in [1.807, 2.05) is 55.4 Å². The molecule has 0 aliphatic carbocycles. The lowest BCUT2D eigenvalue weighted by Gasteiger charge is -2.32. The molecule has 1 saturated heterocycles. The predicted octanol–water partition coefficient (Wildman–Crippen LogP) is 3.83. The maximum absolute atomic E-state index is 13.8. The van der Waals surface area contributed by atoms with E-state index in [9.17, 15) is 19.5 Å². The minimum atomic E-state index is -0.885. The number of aliphatic hydroxyl groups is 1. The van der Waals surface area contributed by atoms with Crippen LogP contribution in [0.5, 0.6) is 5.75 Å². The number of hydrogen-bond acceptors (Lipinski definition) is 7. The summed E-state index contributed by atoms with van der Waals surface area (Å²) >= 11 is 0. The molecular weight excluding hydrogens is 524 g/mol. The number of aromatic nitrogens is 1. The van der Waals surface area contributed by atoms with Gasteiger partial charge in [-0.1, -0.05) is 46.8 Å². The smallest absolute Gasteiger partial charge is 0.255 e. The highest BCUT2D eigenvalue weighted by molar-refractivity contribution is 6.00. The van der Waals surface area contributed by atoms with Gasteiger partial charge in [-0.3, -0.25) is 14.4 Å². The molecule has 226 valence electrons. The number of rotatable bonds is 10. The van der Waals surface area contributed by atoms with Crippen molar-refractivity contribution in [3.63, 3.8) is 0 Å². The van der Waals surface area contributed by atoms with Crippen molar-refractivity contribution >= 4 is 17.7 Å². The molecule has 10 nitrogen and oxygen atoms in total. The zero-order chi connectivity index (χ0) is 30.6. The Hall–Kier alpha value is -3.40. The van der Waals surface area contributed by atoms with Crippen LogP contribution in [0.4, 0.5) is 0 Å². The van der Waals surface area contributed by atoms with E-state index in [1.165, 1.54) is 4.90 Å². The Kier molecular flexibility index (Phi) is 10.2. The van der Waals surface area contributed by atoms with E-state index >= 15 is 0 Å². The topological polar surface area (TPSA) is 125 Å². The number of carbonyl (C=O) groups excluding carboxylic acids is 3. The van der Waals surface area contributed by atoms with Crippen LogP contribution in [0.1, 0.15) is 89.0 Å². The van der Waals surface area contributed by atoms with Crippen LogP contribution in [0.25, 0.3) is 0 Å². The number of amides is 3. The lowest BCUT2D eigenvalue weighted by atomic mass is 9.92. The van der Waals surface area contributed by atoms with Crippen LogP contribution >= 0.6 is 0 Å². The van der Waals surface area contributed by atoms with E-state index in [0.717, 1.165) is 11.5 Å². The summed E-state index contributed by atoms with van der Waals surface area (Å²) in [5.41, 5.74) is 0.854. The Morgan fingerprint density at radius 2 is 1.85 bits per heavy atom. The SMILES string of the molecule is Cc1nc(COc2ccccc2C(=O)N[C@H](CC(C)C)C(=O)N2C[C@@H](O)C[C@@H]2C(=O)N(C)C(C)C)oc1C(C)(C)C. The van der Waals surface area contributed by atoms with Crippen LogP contribution in [0.2, 0.25) is 0 Å². The first kappa shape index (κ1) is 32.1. The molecule has 3 amide bonds. The van der Waals surface area contributed by atoms with E-state index < -0.39 is 24.1 Å². The van der Waals surface area contributed by atoms with Gasteiger partial charge in [0.1, 0.15) is 23.6 Å². The summed E-state index contributed by atoms with van der Waals surface area (Å²) in [6.07, 6.45) is -0.278. The standard InChI is InChI=1S/C31H46N4O6/c1-18(2)14-23(29(38)35-16-21(36)15-24(35)30(39)34(9)19(3)4)33-28(37)22-12-10-11-13-25(22)40-17-26-32-20(5)27(41-26)31(6,7)8/h10-13,18-19,21,23-24,36H,14-17H2,1-9H3,(H,33,37)/t21-,23+,24+/m0/s1. The minimum absolute atomic E-state index is 0.0361. The van der Waals surface area contributed by atoms with Crippen LogP contribution < -0.4 is 10.1 Å². The van der Waals surface area contributed by atoms with Crippen molar-refractivity contribution in [2.24, 2.45) is 5.92 Å². The fourth-order valence-electron chi connectivity index (χ4n) is 5.04. The number of likely N-dealkylation sites (N-methyl/N-ethyl adjacent to an activating group) is 1. The van der Waals surface area contributed by atoms with Crippen LogP contribution in [0, 0.1) is 12.8 Å². The number of oxazole rings is 1. The molecule has 1 aliphatic rings. The summed E-state index contributed by atoms with van der Waals surface area (Å²) in [5, 5.41) is 13.3. The van der Waals surface area contributed by atoms with Gasteiger partial charge in [0.15, 0.2) is 6.61 Å². The van der Waals surface area contributed by atoms with Crippen molar-refractivity contribution < 1.29 is 28.6 Å². The first-order chi connectivity index (χ1) is 19.1. The van der Waals surface area contributed by atoms with Crippen LogP contribution in [0.3, 0.4) is 0 Å². The van der Waals surface area contributed by atoms with Gasteiger partial charge in [0.2, 0.25) is 17.7 Å². The molecule has 0 radical (unpaired) electrons.